The van der Waals surface area contributed by atoms with Gasteiger partial charge in [0.2, 0.25) is 0 Å². The number of hydrogen-bond acceptors (Lipinski definition) is 9. The molecule has 0 radical (unpaired) electrons. The Bertz CT molecular complexity index is 1620. The number of carbonyl (C=O) groups is 4. The van der Waals surface area contributed by atoms with Crippen molar-refractivity contribution in [3.05, 3.63) is 59.8 Å². The summed E-state index contributed by atoms with van der Waals surface area (Å²) in [6, 6.07) is 9.94. The Labute approximate surface area is 294 Å². The van der Waals surface area contributed by atoms with Gasteiger partial charge in [-0.05, 0) is 56.9 Å². The fourth-order valence-corrected chi connectivity index (χ4v) is 4.58. The van der Waals surface area contributed by atoms with Crippen LogP contribution >= 0.6 is 0 Å². The van der Waals surface area contributed by atoms with E-state index in [2.05, 4.69) is 44.1 Å². The van der Waals surface area contributed by atoms with Gasteiger partial charge in [0.05, 0.1) is 23.8 Å². The molecule has 1 amide bonds. The summed E-state index contributed by atoms with van der Waals surface area (Å²) in [4.78, 5) is 48.9. The lowest BCUT2D eigenvalue weighted by atomic mass is 10.1. The number of fused-ring (bicyclic) bond motifs is 1. The van der Waals surface area contributed by atoms with E-state index in [1.165, 1.54) is 19.4 Å². The molecular formula is C30H34F9N7O7. The van der Waals surface area contributed by atoms with E-state index in [0.717, 1.165) is 42.7 Å². The number of rotatable bonds is 7. The van der Waals surface area contributed by atoms with Crippen molar-refractivity contribution < 1.29 is 74.0 Å². The molecule has 1 saturated carbocycles. The number of halogens is 9. The van der Waals surface area contributed by atoms with Crippen molar-refractivity contribution in [3.63, 3.8) is 0 Å². The van der Waals surface area contributed by atoms with Crippen LogP contribution in [0.5, 0.6) is 0 Å². The van der Waals surface area contributed by atoms with Crippen LogP contribution in [0.3, 0.4) is 0 Å². The molecule has 1 unspecified atom stereocenters. The zero-order valence-corrected chi connectivity index (χ0v) is 27.8. The molecule has 0 spiro atoms. The molecule has 14 nitrogen and oxygen atoms in total. The van der Waals surface area contributed by atoms with E-state index in [9.17, 15) is 44.3 Å². The van der Waals surface area contributed by atoms with Crippen LogP contribution in [0.2, 0.25) is 0 Å². The Morgan fingerprint density at radius 2 is 1.38 bits per heavy atom. The third-order valence-electron chi connectivity index (χ3n) is 7.26. The van der Waals surface area contributed by atoms with Gasteiger partial charge in [-0.2, -0.15) is 39.5 Å². The molecule has 2 aliphatic rings. The van der Waals surface area contributed by atoms with Gasteiger partial charge in [0.15, 0.2) is 11.5 Å². The summed E-state index contributed by atoms with van der Waals surface area (Å²) in [6.07, 6.45) is -8.93. The predicted molar refractivity (Wildman–Crippen MR) is 163 cm³/mol. The van der Waals surface area contributed by atoms with Gasteiger partial charge in [0.1, 0.15) is 0 Å². The number of amides is 1. The van der Waals surface area contributed by atoms with Gasteiger partial charge < -0.3 is 20.6 Å². The van der Waals surface area contributed by atoms with Gasteiger partial charge in [-0.15, -0.1) is 10.2 Å². The summed E-state index contributed by atoms with van der Waals surface area (Å²) in [5.41, 5.74) is 2.19. The molecule has 0 bridgehead atoms. The highest BCUT2D eigenvalue weighted by atomic mass is 19.4. The highest BCUT2D eigenvalue weighted by Gasteiger charge is 2.40. The number of carboxylic acids is 3. The van der Waals surface area contributed by atoms with Gasteiger partial charge in [0.25, 0.3) is 5.91 Å². The quantitative estimate of drug-likeness (QED) is 0.248. The van der Waals surface area contributed by atoms with Crippen LogP contribution in [-0.2, 0) is 20.9 Å². The fraction of sp³-hybridized carbons (Fsp3) is 0.500. The normalized spacial score (nSPS) is 16.6. The number of hydrogen-bond donors (Lipinski definition) is 4. The topological polar surface area (TPSA) is 191 Å². The van der Waals surface area contributed by atoms with E-state index in [-0.39, 0.29) is 11.9 Å². The summed E-state index contributed by atoms with van der Waals surface area (Å²) in [7, 11) is 0. The SMILES string of the molecule is CC(C)N1CCN(CC2CC2)CC1c1nnc2ccc(C(=O)NCc3ccccn3)cn12.O=C(O)C(F)(F)F.O=C(O)C(F)(F)F.O=C(O)C(F)(F)F. The average Bonchev–Trinajstić information content (AvgIpc) is 3.78. The summed E-state index contributed by atoms with van der Waals surface area (Å²) in [5, 5.41) is 33.3. The second-order valence-electron chi connectivity index (χ2n) is 11.7. The molecule has 2 fully saturated rings. The lowest BCUT2D eigenvalue weighted by Gasteiger charge is -2.42. The Kier molecular flexibility index (Phi) is 15.5. The maximum atomic E-state index is 12.8. The molecule has 1 saturated heterocycles. The van der Waals surface area contributed by atoms with Crippen molar-refractivity contribution in [1.82, 2.24) is 34.7 Å². The van der Waals surface area contributed by atoms with Crippen molar-refractivity contribution in [2.45, 2.75) is 63.8 Å². The lowest BCUT2D eigenvalue weighted by molar-refractivity contribution is -0.193. The van der Waals surface area contributed by atoms with Crippen LogP contribution < -0.4 is 5.32 Å². The highest BCUT2D eigenvalue weighted by Crippen LogP contribution is 2.33. The van der Waals surface area contributed by atoms with E-state index in [1.54, 1.807) is 6.20 Å². The molecule has 4 N–H and O–H groups in total. The summed E-state index contributed by atoms with van der Waals surface area (Å²) >= 11 is 0. The minimum Gasteiger partial charge on any atom is -0.475 e. The second-order valence-corrected chi connectivity index (χ2v) is 11.7. The molecule has 1 aliphatic carbocycles. The molecule has 3 aromatic rings. The third kappa shape index (κ3) is 14.8. The Morgan fingerprint density at radius 1 is 0.830 bits per heavy atom. The van der Waals surface area contributed by atoms with E-state index in [0.29, 0.717) is 18.2 Å². The summed E-state index contributed by atoms with van der Waals surface area (Å²) in [6.45, 7) is 9.13. The monoisotopic (exact) mass is 775 g/mol. The number of aromatic nitrogens is 4. The predicted octanol–water partition coefficient (Wildman–Crippen LogP) is 4.43. The van der Waals surface area contributed by atoms with Crippen molar-refractivity contribution in [2.75, 3.05) is 26.2 Å². The standard InChI is InChI=1S/C24H31N7O.3C2HF3O2/c1-17(2)30-12-11-29(14-18-6-7-18)16-21(30)23-28-27-22-9-8-19(15-31(22)23)24(32)26-13-20-5-3-4-10-25-20;3*3-2(4,5)1(6)7/h3-5,8-10,15,17-18,21H,6-7,11-14,16H2,1-2H3,(H,26,32);3*(H,6,7). The molecule has 1 aliphatic heterocycles. The minimum absolute atomic E-state index is 0.128. The van der Waals surface area contributed by atoms with Crippen LogP contribution in [0.4, 0.5) is 39.5 Å². The number of carbonyl (C=O) groups excluding carboxylic acids is 1. The smallest absolute Gasteiger partial charge is 0.475 e. The number of carboxylic acid groups (broad SMARTS) is 3. The van der Waals surface area contributed by atoms with Gasteiger partial charge in [-0.3, -0.25) is 24.0 Å². The first kappa shape index (κ1) is 44.1. The van der Waals surface area contributed by atoms with Crippen LogP contribution in [0.15, 0.2) is 42.7 Å². The first-order valence-electron chi connectivity index (χ1n) is 15.3. The third-order valence-corrected chi connectivity index (χ3v) is 7.26. The van der Waals surface area contributed by atoms with Gasteiger partial charge >= 0.3 is 36.4 Å². The van der Waals surface area contributed by atoms with E-state index in [1.807, 2.05) is 40.9 Å². The summed E-state index contributed by atoms with van der Waals surface area (Å²) in [5.74, 6) is -6.62. The highest BCUT2D eigenvalue weighted by molar-refractivity contribution is 5.94. The average molecular weight is 776 g/mol. The number of pyridine rings is 2. The first-order valence-corrected chi connectivity index (χ1v) is 15.3. The maximum absolute atomic E-state index is 12.8. The first-order chi connectivity index (χ1) is 24.4. The van der Waals surface area contributed by atoms with Crippen molar-refractivity contribution in [1.29, 1.82) is 0 Å². The van der Waals surface area contributed by atoms with Gasteiger partial charge in [-0.25, -0.2) is 14.4 Å². The van der Waals surface area contributed by atoms with Crippen LogP contribution in [0.1, 0.15) is 54.6 Å². The molecule has 0 aromatic carbocycles. The fourth-order valence-electron chi connectivity index (χ4n) is 4.58. The van der Waals surface area contributed by atoms with E-state index < -0.39 is 36.4 Å². The Morgan fingerprint density at radius 3 is 1.83 bits per heavy atom. The molecule has 4 heterocycles. The molecule has 294 valence electrons. The number of nitrogens with zero attached hydrogens (tertiary/aromatic N) is 6. The summed E-state index contributed by atoms with van der Waals surface area (Å²) < 4.78 is 97.2. The largest absolute Gasteiger partial charge is 0.490 e. The molecule has 1 atom stereocenters. The molecule has 3 aromatic heterocycles. The van der Waals surface area contributed by atoms with E-state index >= 15 is 0 Å². The number of alkyl halides is 9. The van der Waals surface area contributed by atoms with Crippen LogP contribution in [0.25, 0.3) is 5.65 Å². The number of nitrogens with one attached hydrogen (secondary N) is 1. The second kappa shape index (κ2) is 18.6. The zero-order valence-electron chi connectivity index (χ0n) is 27.8. The van der Waals surface area contributed by atoms with E-state index in [4.69, 9.17) is 29.7 Å². The van der Waals surface area contributed by atoms with Crippen molar-refractivity contribution >= 4 is 29.5 Å². The molecule has 53 heavy (non-hydrogen) atoms. The number of piperazine rings is 1. The number of aliphatic carboxylic acids is 3. The molecular weight excluding hydrogens is 741 g/mol. The van der Waals surface area contributed by atoms with Gasteiger partial charge in [-0.1, -0.05) is 6.07 Å². The van der Waals surface area contributed by atoms with Crippen molar-refractivity contribution in [3.8, 4) is 0 Å². The molecule has 5 rings (SSSR count). The zero-order chi connectivity index (χ0) is 40.3. The van der Waals surface area contributed by atoms with Crippen LogP contribution in [0, 0.1) is 5.92 Å². The lowest BCUT2D eigenvalue weighted by Crippen LogP contribution is -2.51. The van der Waals surface area contributed by atoms with Crippen LogP contribution in [-0.4, -0.2) is 119 Å². The Hall–Kier alpha value is -5.06. The van der Waals surface area contributed by atoms with Gasteiger partial charge in [0, 0.05) is 44.6 Å². The minimum atomic E-state index is -5.08. The Balaban J connectivity index is 0.000000379. The molecule has 23 heteroatoms. The van der Waals surface area contributed by atoms with Crippen molar-refractivity contribution in [2.24, 2.45) is 5.92 Å². The maximum Gasteiger partial charge on any atom is 0.490 e.